The van der Waals surface area contributed by atoms with Crippen LogP contribution in [0, 0.1) is 0 Å². The standard InChI is InChI=1S/C18H20BrN3O3S2/c19-14-8-7-12(27(24,25)22-9-2-1-3-10-22)11-13(14)17(23)21-18-20-15-5-4-6-16(15)26-18/h7-8,11H,1-6,9-10H2,(H,20,21,23). The van der Waals surface area contributed by atoms with Gasteiger partial charge in [-0.25, -0.2) is 13.4 Å². The number of benzene rings is 1. The molecule has 27 heavy (non-hydrogen) atoms. The van der Waals surface area contributed by atoms with Gasteiger partial charge >= 0.3 is 0 Å². The molecule has 0 unspecified atom stereocenters. The maximum Gasteiger partial charge on any atom is 0.258 e. The van der Waals surface area contributed by atoms with Crippen molar-refractivity contribution in [2.75, 3.05) is 18.4 Å². The van der Waals surface area contributed by atoms with Crippen molar-refractivity contribution >= 4 is 48.3 Å². The number of carbonyl (C=O) groups excluding carboxylic acids is 1. The van der Waals surface area contributed by atoms with E-state index in [0.717, 1.165) is 44.2 Å². The lowest BCUT2D eigenvalue weighted by molar-refractivity contribution is 0.102. The first kappa shape index (κ1) is 19.0. The van der Waals surface area contributed by atoms with Gasteiger partial charge < -0.3 is 0 Å². The fourth-order valence-electron chi connectivity index (χ4n) is 3.50. The van der Waals surface area contributed by atoms with E-state index >= 15 is 0 Å². The highest BCUT2D eigenvalue weighted by Gasteiger charge is 2.27. The largest absolute Gasteiger partial charge is 0.298 e. The number of nitrogens with zero attached hydrogens (tertiary/aromatic N) is 2. The van der Waals surface area contributed by atoms with Gasteiger partial charge in [0.25, 0.3) is 5.91 Å². The van der Waals surface area contributed by atoms with Gasteiger partial charge in [0.2, 0.25) is 10.0 Å². The number of sulfonamides is 1. The maximum atomic E-state index is 12.9. The first-order valence-electron chi connectivity index (χ1n) is 9.05. The molecule has 2 aromatic rings. The third-order valence-electron chi connectivity index (χ3n) is 4.95. The summed E-state index contributed by atoms with van der Waals surface area (Å²) >= 11 is 4.86. The predicted octanol–water partition coefficient (Wildman–Crippen LogP) is 3.82. The van der Waals surface area contributed by atoms with Gasteiger partial charge in [-0.1, -0.05) is 6.42 Å². The summed E-state index contributed by atoms with van der Waals surface area (Å²) < 4.78 is 27.9. The molecule has 1 N–H and O–H groups in total. The Hall–Kier alpha value is -1.29. The second kappa shape index (κ2) is 7.62. The number of halogens is 1. The monoisotopic (exact) mass is 469 g/mol. The summed E-state index contributed by atoms with van der Waals surface area (Å²) in [5.74, 6) is -0.356. The summed E-state index contributed by atoms with van der Waals surface area (Å²) in [5.41, 5.74) is 1.36. The van der Waals surface area contributed by atoms with Crippen LogP contribution in [-0.2, 0) is 22.9 Å². The third-order valence-corrected chi connectivity index (χ3v) is 8.61. The minimum absolute atomic E-state index is 0.152. The van der Waals surface area contributed by atoms with Crippen molar-refractivity contribution in [3.8, 4) is 0 Å². The van der Waals surface area contributed by atoms with Crippen LogP contribution < -0.4 is 5.32 Å². The van der Waals surface area contributed by atoms with Crippen LogP contribution in [0.1, 0.15) is 46.6 Å². The molecule has 9 heteroatoms. The predicted molar refractivity (Wildman–Crippen MR) is 109 cm³/mol. The molecule has 144 valence electrons. The molecule has 0 spiro atoms. The number of anilines is 1. The lowest BCUT2D eigenvalue weighted by Crippen LogP contribution is -2.35. The molecule has 1 saturated heterocycles. The quantitative estimate of drug-likeness (QED) is 0.737. The highest BCUT2D eigenvalue weighted by molar-refractivity contribution is 9.10. The van der Waals surface area contributed by atoms with Gasteiger partial charge in [-0.05, 0) is 66.2 Å². The molecular weight excluding hydrogens is 450 g/mol. The van der Waals surface area contributed by atoms with E-state index in [1.807, 2.05) is 0 Å². The van der Waals surface area contributed by atoms with Crippen LogP contribution in [0.3, 0.4) is 0 Å². The summed E-state index contributed by atoms with van der Waals surface area (Å²) in [6.45, 7) is 1.06. The van der Waals surface area contributed by atoms with Gasteiger partial charge in [0.05, 0.1) is 16.2 Å². The summed E-state index contributed by atoms with van der Waals surface area (Å²) in [6, 6.07) is 4.61. The minimum Gasteiger partial charge on any atom is -0.298 e. The number of amides is 1. The zero-order chi connectivity index (χ0) is 19.0. The Balaban J connectivity index is 1.58. The van der Waals surface area contributed by atoms with E-state index in [4.69, 9.17) is 0 Å². The number of rotatable bonds is 4. The van der Waals surface area contributed by atoms with Gasteiger partial charge in [-0.2, -0.15) is 4.31 Å². The van der Waals surface area contributed by atoms with Crippen LogP contribution in [0.5, 0.6) is 0 Å². The lowest BCUT2D eigenvalue weighted by atomic mass is 10.2. The maximum absolute atomic E-state index is 12.9. The van der Waals surface area contributed by atoms with Crippen molar-refractivity contribution in [3.05, 3.63) is 38.8 Å². The fourth-order valence-corrected chi connectivity index (χ4v) is 6.52. The summed E-state index contributed by atoms with van der Waals surface area (Å²) in [7, 11) is -3.59. The second-order valence-corrected chi connectivity index (χ2v) is 10.7. The molecule has 1 aliphatic heterocycles. The molecule has 0 bridgehead atoms. The Bertz CT molecular complexity index is 960. The first-order valence-corrected chi connectivity index (χ1v) is 12.1. The van der Waals surface area contributed by atoms with Crippen molar-refractivity contribution in [1.82, 2.24) is 9.29 Å². The zero-order valence-electron chi connectivity index (χ0n) is 14.7. The number of hydrogen-bond donors (Lipinski definition) is 1. The van der Waals surface area contributed by atoms with E-state index in [2.05, 4.69) is 26.2 Å². The molecule has 1 amide bonds. The summed E-state index contributed by atoms with van der Waals surface area (Å²) in [5, 5.41) is 3.39. The van der Waals surface area contributed by atoms with Crippen LogP contribution >= 0.6 is 27.3 Å². The van der Waals surface area contributed by atoms with Gasteiger partial charge in [0, 0.05) is 22.4 Å². The lowest BCUT2D eigenvalue weighted by Gasteiger charge is -2.26. The van der Waals surface area contributed by atoms with Crippen molar-refractivity contribution in [2.24, 2.45) is 0 Å². The first-order chi connectivity index (χ1) is 12.9. The van der Waals surface area contributed by atoms with Crippen LogP contribution in [0.2, 0.25) is 0 Å². The number of nitrogens with one attached hydrogen (secondary N) is 1. The number of thiazole rings is 1. The van der Waals surface area contributed by atoms with Crippen LogP contribution in [0.15, 0.2) is 27.6 Å². The Kier molecular flexibility index (Phi) is 5.37. The molecule has 2 aliphatic rings. The molecule has 1 aliphatic carbocycles. The molecule has 1 aromatic heterocycles. The van der Waals surface area contributed by atoms with E-state index in [0.29, 0.717) is 28.3 Å². The van der Waals surface area contributed by atoms with Crippen molar-refractivity contribution in [1.29, 1.82) is 0 Å². The molecule has 4 rings (SSSR count). The SMILES string of the molecule is O=C(Nc1nc2c(s1)CCC2)c1cc(S(=O)(=O)N2CCCCC2)ccc1Br. The topological polar surface area (TPSA) is 79.4 Å². The molecule has 0 saturated carbocycles. The van der Waals surface area contributed by atoms with Crippen LogP contribution in [0.4, 0.5) is 5.13 Å². The molecule has 1 aromatic carbocycles. The molecule has 0 radical (unpaired) electrons. The minimum atomic E-state index is -3.59. The van der Waals surface area contributed by atoms with E-state index in [1.54, 1.807) is 12.1 Å². The summed E-state index contributed by atoms with van der Waals surface area (Å²) in [6.07, 6.45) is 5.88. The van der Waals surface area contributed by atoms with Crippen molar-refractivity contribution < 1.29 is 13.2 Å². The van der Waals surface area contributed by atoms with Gasteiger partial charge in [0.1, 0.15) is 0 Å². The van der Waals surface area contributed by atoms with Crippen molar-refractivity contribution in [3.63, 3.8) is 0 Å². The average molecular weight is 470 g/mol. The highest BCUT2D eigenvalue weighted by Crippen LogP contribution is 2.31. The second-order valence-electron chi connectivity index (χ2n) is 6.80. The van der Waals surface area contributed by atoms with E-state index < -0.39 is 10.0 Å². The fraction of sp³-hybridized carbons (Fsp3) is 0.444. The molecular formula is C18H20BrN3O3S2. The smallest absolute Gasteiger partial charge is 0.258 e. The normalized spacial score (nSPS) is 17.7. The average Bonchev–Trinajstić information content (AvgIpc) is 3.24. The Morgan fingerprint density at radius 2 is 1.93 bits per heavy atom. The third kappa shape index (κ3) is 3.83. The zero-order valence-corrected chi connectivity index (χ0v) is 17.9. The molecule has 6 nitrogen and oxygen atoms in total. The molecule has 0 atom stereocenters. The highest BCUT2D eigenvalue weighted by atomic mass is 79.9. The number of hydrogen-bond acceptors (Lipinski definition) is 5. The number of carbonyl (C=O) groups is 1. The Labute approximate surface area is 171 Å². The van der Waals surface area contributed by atoms with E-state index in [9.17, 15) is 13.2 Å². The summed E-state index contributed by atoms with van der Waals surface area (Å²) in [4.78, 5) is 18.6. The van der Waals surface area contributed by atoms with Gasteiger partial charge in [-0.15, -0.1) is 11.3 Å². The Morgan fingerprint density at radius 1 is 1.15 bits per heavy atom. The van der Waals surface area contributed by atoms with Crippen molar-refractivity contribution in [2.45, 2.75) is 43.4 Å². The Morgan fingerprint density at radius 3 is 2.67 bits per heavy atom. The van der Waals surface area contributed by atoms with Gasteiger partial charge in [-0.3, -0.25) is 10.1 Å². The van der Waals surface area contributed by atoms with Crippen LogP contribution in [0.25, 0.3) is 0 Å². The number of aryl methyl sites for hydroxylation is 2. The van der Waals surface area contributed by atoms with E-state index in [-0.39, 0.29) is 10.8 Å². The molecule has 2 heterocycles. The molecule has 1 fully saturated rings. The number of aromatic nitrogens is 1. The van der Waals surface area contributed by atoms with Gasteiger partial charge in [0.15, 0.2) is 5.13 Å². The van der Waals surface area contributed by atoms with Crippen LogP contribution in [-0.4, -0.2) is 36.7 Å². The number of piperidine rings is 1. The number of fused-ring (bicyclic) bond motifs is 1. The van der Waals surface area contributed by atoms with E-state index in [1.165, 1.54) is 26.6 Å².